The molecule has 0 aliphatic carbocycles. The first-order chi connectivity index (χ1) is 16.9. The molecule has 2 aromatic heterocycles. The van der Waals surface area contributed by atoms with Crippen LogP contribution < -0.4 is 10.7 Å². The number of thioether (sulfide) groups is 2. The predicted molar refractivity (Wildman–Crippen MR) is 138 cm³/mol. The number of nitrogens with zero attached hydrogens (tertiary/aromatic N) is 1. The van der Waals surface area contributed by atoms with Crippen LogP contribution in [0.4, 0.5) is 0 Å². The lowest BCUT2D eigenvalue weighted by Gasteiger charge is -2.49. The number of aliphatic hydroxyl groups is 1. The normalized spacial score (nSPS) is 19.5. The molecule has 0 bridgehead atoms. The summed E-state index contributed by atoms with van der Waals surface area (Å²) in [7, 11) is 0. The van der Waals surface area contributed by atoms with E-state index in [4.69, 9.17) is 0 Å². The van der Waals surface area contributed by atoms with Crippen molar-refractivity contribution in [3.05, 3.63) is 73.0 Å². The SMILES string of the molecule is O=C(Cc1cccs1)NC1C(=O)N2C(C(=O)O)=C(Sc3cc(=O)c4ccc(CO)cc4s3)CS[C@H]12. The van der Waals surface area contributed by atoms with E-state index in [1.165, 1.54) is 45.4 Å². The lowest BCUT2D eigenvalue weighted by Crippen LogP contribution is -2.70. The van der Waals surface area contributed by atoms with E-state index >= 15 is 0 Å². The average molecular weight is 547 g/mol. The van der Waals surface area contributed by atoms with Gasteiger partial charge < -0.3 is 15.5 Å². The number of aliphatic hydroxyl groups excluding tert-OH is 1. The molecule has 0 radical (unpaired) electrons. The summed E-state index contributed by atoms with van der Waals surface area (Å²) in [5.41, 5.74) is 0.365. The average Bonchev–Trinajstić information content (AvgIpc) is 3.34. The monoisotopic (exact) mass is 546 g/mol. The Morgan fingerprint density at radius 2 is 2.03 bits per heavy atom. The second kappa shape index (κ2) is 9.78. The summed E-state index contributed by atoms with van der Waals surface area (Å²) in [4.78, 5) is 52.5. The zero-order chi connectivity index (χ0) is 24.7. The van der Waals surface area contributed by atoms with Crippen molar-refractivity contribution < 1.29 is 24.6 Å². The Kier molecular flexibility index (Phi) is 6.73. The van der Waals surface area contributed by atoms with Gasteiger partial charge in [-0.2, -0.15) is 0 Å². The molecule has 2 atom stereocenters. The van der Waals surface area contributed by atoms with Gasteiger partial charge >= 0.3 is 5.97 Å². The Balaban J connectivity index is 1.38. The summed E-state index contributed by atoms with van der Waals surface area (Å²) >= 11 is 5.32. The minimum atomic E-state index is -1.23. The number of aliphatic carboxylic acids is 1. The maximum Gasteiger partial charge on any atom is 0.353 e. The van der Waals surface area contributed by atoms with Crippen LogP contribution in [0.1, 0.15) is 10.4 Å². The molecule has 1 unspecified atom stereocenters. The number of carbonyl (C=O) groups is 3. The Hall–Kier alpha value is -2.64. The van der Waals surface area contributed by atoms with E-state index in [0.29, 0.717) is 30.5 Å². The van der Waals surface area contributed by atoms with E-state index in [9.17, 15) is 29.4 Å². The number of amides is 2. The second-order valence-electron chi connectivity index (χ2n) is 7.81. The first-order valence-electron chi connectivity index (χ1n) is 10.4. The second-order valence-corrected chi connectivity index (χ2v) is 12.4. The summed E-state index contributed by atoms with van der Waals surface area (Å²) in [6, 6.07) is 9.48. The number of fused-ring (bicyclic) bond motifs is 2. The Morgan fingerprint density at radius 1 is 1.20 bits per heavy atom. The highest BCUT2D eigenvalue weighted by molar-refractivity contribution is 8.07. The summed E-state index contributed by atoms with van der Waals surface area (Å²) in [5.74, 6) is -1.65. The molecule has 1 aromatic carbocycles. The van der Waals surface area contributed by atoms with E-state index in [0.717, 1.165) is 16.6 Å². The van der Waals surface area contributed by atoms with Crippen molar-refractivity contribution in [3.8, 4) is 0 Å². The molecule has 180 valence electrons. The number of carboxylic acid groups (broad SMARTS) is 1. The molecule has 35 heavy (non-hydrogen) atoms. The molecule has 8 nitrogen and oxygen atoms in total. The summed E-state index contributed by atoms with van der Waals surface area (Å²) in [6.07, 6.45) is 0.167. The Morgan fingerprint density at radius 3 is 2.74 bits per heavy atom. The zero-order valence-corrected chi connectivity index (χ0v) is 21.2. The van der Waals surface area contributed by atoms with Crippen LogP contribution >= 0.6 is 46.2 Å². The van der Waals surface area contributed by atoms with Gasteiger partial charge in [0.2, 0.25) is 5.91 Å². The van der Waals surface area contributed by atoms with Crippen LogP contribution in [0.3, 0.4) is 0 Å². The highest BCUT2D eigenvalue weighted by Crippen LogP contribution is 2.46. The first-order valence-corrected chi connectivity index (χ1v) is 14.0. The molecule has 1 fully saturated rings. The summed E-state index contributed by atoms with van der Waals surface area (Å²) in [6.45, 7) is -0.150. The van der Waals surface area contributed by atoms with Gasteiger partial charge in [-0.1, -0.05) is 23.9 Å². The van der Waals surface area contributed by atoms with Gasteiger partial charge in [0, 0.05) is 31.7 Å². The lowest BCUT2D eigenvalue weighted by molar-refractivity contribution is -0.150. The highest BCUT2D eigenvalue weighted by Gasteiger charge is 2.54. The summed E-state index contributed by atoms with van der Waals surface area (Å²) in [5, 5.41) is 24.0. The van der Waals surface area contributed by atoms with Crippen molar-refractivity contribution in [1.29, 1.82) is 0 Å². The molecular weight excluding hydrogens is 529 g/mol. The standard InChI is InChI=1S/C23H18N2O6S4/c26-9-11-3-4-13-14(27)8-18(34-15(13)6-11)35-16-10-33-22-19(21(29)25(22)20(16)23(30)31)24-17(28)7-12-2-1-5-32-12/h1-6,8,19,22,26H,7,9-10H2,(H,24,28)(H,30,31)/t19?,22-/m1/s1. The molecule has 2 amide bonds. The molecule has 0 saturated carbocycles. The van der Waals surface area contributed by atoms with E-state index in [1.807, 2.05) is 17.5 Å². The van der Waals surface area contributed by atoms with Crippen molar-refractivity contribution in [2.24, 2.45) is 0 Å². The van der Waals surface area contributed by atoms with Crippen molar-refractivity contribution in [2.45, 2.75) is 28.7 Å². The van der Waals surface area contributed by atoms with E-state index in [2.05, 4.69) is 5.32 Å². The number of hydrogen-bond donors (Lipinski definition) is 3. The van der Waals surface area contributed by atoms with Gasteiger partial charge in [-0.05, 0) is 29.1 Å². The van der Waals surface area contributed by atoms with Crippen LogP contribution in [0.5, 0.6) is 0 Å². The van der Waals surface area contributed by atoms with Crippen molar-refractivity contribution in [1.82, 2.24) is 10.2 Å². The lowest BCUT2D eigenvalue weighted by atomic mass is 10.0. The largest absolute Gasteiger partial charge is 0.477 e. The number of carboxylic acids is 1. The quantitative estimate of drug-likeness (QED) is 0.387. The minimum absolute atomic E-state index is 0.114. The third kappa shape index (κ3) is 4.64. The van der Waals surface area contributed by atoms with Gasteiger partial charge in [0.1, 0.15) is 17.1 Å². The number of nitrogens with one attached hydrogen (secondary N) is 1. The van der Waals surface area contributed by atoms with Gasteiger partial charge in [0.05, 0.1) is 17.2 Å². The van der Waals surface area contributed by atoms with Crippen LogP contribution in [0, 0.1) is 0 Å². The van der Waals surface area contributed by atoms with Crippen LogP contribution in [0.2, 0.25) is 0 Å². The number of β-lactam (4-membered cyclic amide) rings is 1. The van der Waals surface area contributed by atoms with Crippen molar-refractivity contribution in [3.63, 3.8) is 0 Å². The third-order valence-electron chi connectivity index (χ3n) is 5.54. The number of carbonyl (C=O) groups excluding carboxylic acids is 2. The maximum absolute atomic E-state index is 12.9. The summed E-state index contributed by atoms with van der Waals surface area (Å²) < 4.78 is 1.29. The van der Waals surface area contributed by atoms with E-state index in [-0.39, 0.29) is 30.1 Å². The molecule has 5 rings (SSSR count). The van der Waals surface area contributed by atoms with E-state index < -0.39 is 23.3 Å². The third-order valence-corrected chi connectivity index (χ3v) is 10.2. The molecule has 12 heteroatoms. The smallest absolute Gasteiger partial charge is 0.353 e. The van der Waals surface area contributed by atoms with Gasteiger partial charge in [-0.3, -0.25) is 19.3 Å². The van der Waals surface area contributed by atoms with Crippen LogP contribution in [-0.4, -0.2) is 50.1 Å². The van der Waals surface area contributed by atoms with Crippen LogP contribution in [0.15, 0.2) is 61.4 Å². The molecule has 3 N–H and O–H groups in total. The molecule has 0 spiro atoms. The molecular formula is C23H18N2O6S4. The fraction of sp³-hybridized carbons (Fsp3) is 0.217. The fourth-order valence-electron chi connectivity index (χ4n) is 3.91. The molecule has 4 heterocycles. The van der Waals surface area contributed by atoms with Crippen molar-refractivity contribution in [2.75, 3.05) is 5.75 Å². The number of hydrogen-bond acceptors (Lipinski definition) is 9. The molecule has 2 aliphatic heterocycles. The van der Waals surface area contributed by atoms with E-state index in [1.54, 1.807) is 18.2 Å². The topological polar surface area (TPSA) is 124 Å². The van der Waals surface area contributed by atoms with Gasteiger partial charge in [-0.25, -0.2) is 4.79 Å². The number of thiophene rings is 1. The zero-order valence-electron chi connectivity index (χ0n) is 17.9. The van der Waals surface area contributed by atoms with Crippen LogP contribution in [-0.2, 0) is 27.4 Å². The Labute approximate surface area is 215 Å². The molecule has 1 saturated heterocycles. The fourth-order valence-corrected chi connectivity index (χ4v) is 8.55. The van der Waals surface area contributed by atoms with Crippen molar-refractivity contribution >= 4 is 74.1 Å². The number of benzene rings is 1. The first kappa shape index (κ1) is 24.1. The van der Waals surface area contributed by atoms with Gasteiger partial charge in [0.25, 0.3) is 5.91 Å². The van der Waals surface area contributed by atoms with Gasteiger partial charge in [0.15, 0.2) is 5.43 Å². The predicted octanol–water partition coefficient (Wildman–Crippen LogP) is 2.85. The molecule has 3 aromatic rings. The van der Waals surface area contributed by atoms with Crippen LogP contribution in [0.25, 0.3) is 10.1 Å². The van der Waals surface area contributed by atoms with Gasteiger partial charge in [-0.15, -0.1) is 34.4 Å². The Bertz CT molecular complexity index is 1430. The molecule has 2 aliphatic rings. The highest BCUT2D eigenvalue weighted by atomic mass is 32.2. The maximum atomic E-state index is 12.9. The minimum Gasteiger partial charge on any atom is -0.477 e. The number of rotatable bonds is 7.